The Morgan fingerprint density at radius 1 is 0.435 bits per heavy atom. The van der Waals surface area contributed by atoms with Gasteiger partial charge in [-0.3, -0.25) is 67.1 Å². The van der Waals surface area contributed by atoms with Crippen molar-refractivity contribution in [3.63, 3.8) is 0 Å². The maximum absolute atomic E-state index is 13.8. The second kappa shape index (κ2) is 37.1. The number of carbonyl (C=O) groups excluding carboxylic acids is 10. The van der Waals surface area contributed by atoms with Gasteiger partial charge in [0.1, 0.15) is 54.4 Å². The van der Waals surface area contributed by atoms with Gasteiger partial charge in [0.25, 0.3) is 0 Å². The predicted octanol–water partition coefficient (Wildman–Crippen LogP) is -5.32. The number of aliphatic hydroxyl groups is 1. The Bertz CT molecular complexity index is 2700. The SMILES string of the molecule is CSCC[C@H](NC(=O)[C@H](CC(=O)O)NC(=O)[C@H](CC(=O)O)NC(=O)[C@H](CC(=O)O)NC(=O)[C@@H](N)CO)C(=O)NCC(=O)N[C@@H](Cc1ccccc1)C(=O)NCC(=O)N[C@@H](CC(C)C)C(=O)N[C@@H](Cc1ccccc1)C(=O)N[C@@H](CC(=O)O)C(=O)O. The van der Waals surface area contributed by atoms with E-state index in [2.05, 4.69) is 37.2 Å². The molecule has 0 aromatic heterocycles. The van der Waals surface area contributed by atoms with Crippen LogP contribution in [0.15, 0.2) is 60.7 Å². The normalized spacial score (nSPS) is 14.0. The number of carboxylic acids is 5. The van der Waals surface area contributed by atoms with E-state index >= 15 is 0 Å². The van der Waals surface area contributed by atoms with E-state index in [0.717, 1.165) is 0 Å². The van der Waals surface area contributed by atoms with Crippen molar-refractivity contribution in [3.8, 4) is 0 Å². The summed E-state index contributed by atoms with van der Waals surface area (Å²) in [4.78, 5) is 192. The zero-order chi connectivity index (χ0) is 63.9. The van der Waals surface area contributed by atoms with E-state index in [4.69, 9.17) is 5.73 Å². The molecule has 2 rings (SSSR count). The molecule has 0 aliphatic heterocycles. The number of nitrogens with one attached hydrogen (secondary N) is 10. The van der Waals surface area contributed by atoms with Gasteiger partial charge in [0.05, 0.1) is 45.4 Å². The smallest absolute Gasteiger partial charge is 0.326 e. The van der Waals surface area contributed by atoms with Gasteiger partial charge in [-0.1, -0.05) is 74.5 Å². The molecular formula is C52H71N11O21S. The largest absolute Gasteiger partial charge is 0.481 e. The molecule has 466 valence electrons. The van der Waals surface area contributed by atoms with Crippen LogP contribution >= 0.6 is 11.8 Å². The van der Waals surface area contributed by atoms with Crippen LogP contribution in [0.25, 0.3) is 0 Å². The highest BCUT2D eigenvalue weighted by atomic mass is 32.2. The summed E-state index contributed by atoms with van der Waals surface area (Å²) in [6.07, 6.45) is -3.41. The fourth-order valence-electron chi connectivity index (χ4n) is 7.65. The minimum absolute atomic E-state index is 0.00843. The molecular weight excluding hydrogens is 1150 g/mol. The summed E-state index contributed by atoms with van der Waals surface area (Å²) >= 11 is 1.20. The highest BCUT2D eigenvalue weighted by Crippen LogP contribution is 2.11. The lowest BCUT2D eigenvalue weighted by Crippen LogP contribution is -2.60. The van der Waals surface area contributed by atoms with Crippen LogP contribution in [-0.2, 0) is 84.8 Å². The average molecular weight is 1220 g/mol. The molecule has 0 aliphatic carbocycles. The lowest BCUT2D eigenvalue weighted by molar-refractivity contribution is -0.147. The first-order valence-corrected chi connectivity index (χ1v) is 27.4. The van der Waals surface area contributed by atoms with Gasteiger partial charge in [0.15, 0.2) is 0 Å². The summed E-state index contributed by atoms with van der Waals surface area (Å²) in [6, 6.07) is 0.940. The lowest BCUT2D eigenvalue weighted by atomic mass is 10.0. The number of nitrogens with two attached hydrogens (primary N) is 1. The molecule has 18 N–H and O–H groups in total. The molecule has 0 aliphatic rings. The van der Waals surface area contributed by atoms with E-state index < -0.39 is 189 Å². The number of thioether (sulfide) groups is 1. The minimum Gasteiger partial charge on any atom is -0.481 e. The number of hydrogen-bond acceptors (Lipinski definition) is 18. The van der Waals surface area contributed by atoms with Crippen molar-refractivity contribution < 1.29 is 103 Å². The van der Waals surface area contributed by atoms with Crippen molar-refractivity contribution >= 4 is 101 Å². The number of amides is 10. The first-order valence-electron chi connectivity index (χ1n) is 26.0. The van der Waals surface area contributed by atoms with E-state index in [9.17, 15) is 103 Å². The molecule has 0 bridgehead atoms. The Kier molecular flexibility index (Phi) is 31.3. The Balaban J connectivity index is 2.27. The summed E-state index contributed by atoms with van der Waals surface area (Å²) in [5.74, 6) is -19.5. The van der Waals surface area contributed by atoms with Gasteiger partial charge in [-0.25, -0.2) is 4.79 Å². The molecule has 0 radical (unpaired) electrons. The fourth-order valence-corrected chi connectivity index (χ4v) is 8.12. The molecule has 32 nitrogen and oxygen atoms in total. The van der Waals surface area contributed by atoms with Crippen LogP contribution in [0.5, 0.6) is 0 Å². The molecule has 0 spiro atoms. The van der Waals surface area contributed by atoms with Crippen molar-refractivity contribution in [2.45, 2.75) is 120 Å². The maximum Gasteiger partial charge on any atom is 0.326 e. The second-order valence-electron chi connectivity index (χ2n) is 19.4. The van der Waals surface area contributed by atoms with Crippen LogP contribution < -0.4 is 58.9 Å². The topological polar surface area (TPSA) is 524 Å². The Labute approximate surface area is 489 Å². The monoisotopic (exact) mass is 1220 g/mol. The molecule has 2 aromatic rings. The zero-order valence-corrected chi connectivity index (χ0v) is 47.1. The molecule has 0 unspecified atom stereocenters. The van der Waals surface area contributed by atoms with Crippen LogP contribution in [0, 0.1) is 5.92 Å². The summed E-state index contributed by atoms with van der Waals surface area (Å²) < 4.78 is 0. The molecule has 2 aromatic carbocycles. The Morgan fingerprint density at radius 3 is 1.15 bits per heavy atom. The number of carboxylic acid groups (broad SMARTS) is 5. The number of rotatable bonds is 39. The highest BCUT2D eigenvalue weighted by molar-refractivity contribution is 7.98. The fraction of sp³-hybridized carbons (Fsp3) is 0.481. The van der Waals surface area contributed by atoms with Crippen LogP contribution in [0.1, 0.15) is 63.5 Å². The zero-order valence-electron chi connectivity index (χ0n) is 46.3. The molecule has 0 saturated heterocycles. The third-order valence-electron chi connectivity index (χ3n) is 11.9. The van der Waals surface area contributed by atoms with Crippen molar-refractivity contribution in [3.05, 3.63) is 71.8 Å². The van der Waals surface area contributed by atoms with Crippen molar-refractivity contribution in [1.82, 2.24) is 53.2 Å². The molecule has 9 atom stereocenters. The molecule has 0 heterocycles. The highest BCUT2D eigenvalue weighted by Gasteiger charge is 2.36. The van der Waals surface area contributed by atoms with Crippen molar-refractivity contribution in [1.29, 1.82) is 0 Å². The van der Waals surface area contributed by atoms with Crippen LogP contribution in [0.2, 0.25) is 0 Å². The van der Waals surface area contributed by atoms with E-state index in [0.29, 0.717) is 11.1 Å². The number of carbonyl (C=O) groups is 15. The van der Waals surface area contributed by atoms with E-state index in [1.807, 2.05) is 16.0 Å². The van der Waals surface area contributed by atoms with Gasteiger partial charge in [0.2, 0.25) is 59.1 Å². The van der Waals surface area contributed by atoms with Gasteiger partial charge < -0.3 is 89.5 Å². The van der Waals surface area contributed by atoms with Crippen molar-refractivity contribution in [2.24, 2.45) is 11.7 Å². The van der Waals surface area contributed by atoms with Gasteiger partial charge in [0, 0.05) is 12.8 Å². The number of hydrogen-bond donors (Lipinski definition) is 17. The molecule has 0 saturated carbocycles. The van der Waals surface area contributed by atoms with E-state index in [-0.39, 0.29) is 37.4 Å². The van der Waals surface area contributed by atoms with Gasteiger partial charge >= 0.3 is 29.8 Å². The van der Waals surface area contributed by atoms with Crippen LogP contribution in [-0.4, -0.2) is 206 Å². The number of aliphatic carboxylic acids is 5. The van der Waals surface area contributed by atoms with Crippen LogP contribution in [0.3, 0.4) is 0 Å². The summed E-state index contributed by atoms with van der Waals surface area (Å²) in [5, 5.41) is 78.8. The third kappa shape index (κ3) is 28.1. The quantitative estimate of drug-likeness (QED) is 0.0297. The third-order valence-corrected chi connectivity index (χ3v) is 12.5. The standard InChI is InChI=1S/C52H71N11O21S/c1-26(2)16-31(47(78)60-33(18-28-12-8-5-9-13-28)48(79)63-37(52(83)84)22-43(73)74)56-38(65)24-55-46(77)32(17-27-10-6-4-7-11-27)57-39(66)23-54-45(76)30(14-15-85-3)58-49(80)35(20-41(69)70)61-51(82)36(21-42(71)72)62-50(81)34(19-40(67)68)59-44(75)29(53)25-64/h4-13,26,29-37,64H,14-25,53H2,1-3H3,(H,54,76)(H,55,77)(H,56,65)(H,57,66)(H,58,80)(H,59,75)(H,60,78)(H,61,82)(H,62,81)(H,63,79)(H,67,68)(H,69,70)(H,71,72)(H,73,74)(H,83,84)/t29-,30-,31-,32-,33-,34-,35-,36-,37-/m0/s1. The maximum atomic E-state index is 13.8. The van der Waals surface area contributed by atoms with Crippen LogP contribution in [0.4, 0.5) is 0 Å². The molecule has 0 fully saturated rings. The number of benzene rings is 2. The average Bonchev–Trinajstić information content (AvgIpc) is 3.62. The molecule has 33 heteroatoms. The Hall–Kier alpha value is -9.24. The summed E-state index contributed by atoms with van der Waals surface area (Å²) in [6.45, 7) is 0.892. The lowest BCUT2D eigenvalue weighted by Gasteiger charge is -2.25. The first-order chi connectivity index (χ1) is 40.0. The summed E-state index contributed by atoms with van der Waals surface area (Å²) in [7, 11) is 0. The Morgan fingerprint density at radius 2 is 0.765 bits per heavy atom. The van der Waals surface area contributed by atoms with E-state index in [1.165, 1.54) is 11.8 Å². The predicted molar refractivity (Wildman–Crippen MR) is 296 cm³/mol. The van der Waals surface area contributed by atoms with E-state index in [1.54, 1.807) is 80.8 Å². The van der Waals surface area contributed by atoms with Gasteiger partial charge in [-0.2, -0.15) is 11.8 Å². The summed E-state index contributed by atoms with van der Waals surface area (Å²) in [5.41, 5.74) is 6.46. The van der Waals surface area contributed by atoms with Gasteiger partial charge in [-0.15, -0.1) is 0 Å². The number of aliphatic hydroxyl groups excluding tert-OH is 1. The molecule has 10 amide bonds. The molecule has 85 heavy (non-hydrogen) atoms. The van der Waals surface area contributed by atoms with Crippen molar-refractivity contribution in [2.75, 3.05) is 31.7 Å². The van der Waals surface area contributed by atoms with Gasteiger partial charge in [-0.05, 0) is 41.9 Å². The second-order valence-corrected chi connectivity index (χ2v) is 20.3. The minimum atomic E-state index is -2.14. The first kappa shape index (κ1) is 71.9.